The summed E-state index contributed by atoms with van der Waals surface area (Å²) in [4.78, 5) is 24.9. The molecule has 1 aliphatic heterocycles. The fourth-order valence-corrected chi connectivity index (χ4v) is 2.80. The van der Waals surface area contributed by atoms with Crippen LogP contribution in [0.4, 0.5) is 4.79 Å². The molecule has 0 radical (unpaired) electrons. The van der Waals surface area contributed by atoms with Crippen molar-refractivity contribution in [3.05, 3.63) is 77.9 Å². The molecule has 2 amide bonds. The molecule has 0 spiro atoms. The third kappa shape index (κ3) is 3.61. The molecule has 128 valence electrons. The molecule has 1 heterocycles. The van der Waals surface area contributed by atoms with Crippen LogP contribution in [0.2, 0.25) is 0 Å². The first kappa shape index (κ1) is 16.9. The van der Waals surface area contributed by atoms with Crippen molar-refractivity contribution in [3.8, 4) is 0 Å². The lowest BCUT2D eigenvalue weighted by molar-refractivity contribution is -0.157. The molecular weight excluding hydrogens is 316 g/mol. The van der Waals surface area contributed by atoms with E-state index in [9.17, 15) is 9.59 Å². The van der Waals surface area contributed by atoms with Crippen molar-refractivity contribution in [2.45, 2.75) is 19.1 Å². The van der Waals surface area contributed by atoms with Crippen molar-refractivity contribution in [2.24, 2.45) is 0 Å². The molecule has 25 heavy (non-hydrogen) atoms. The van der Waals surface area contributed by atoms with E-state index in [-0.39, 0.29) is 6.04 Å². The SMILES string of the molecule is C[C@H]1[C@H](c2ccccc2)OC(=O)N(C(=O)/C=C/c2ccccc2)N1C. The largest absolute Gasteiger partial charge is 0.438 e. The van der Waals surface area contributed by atoms with E-state index in [1.54, 1.807) is 18.1 Å². The van der Waals surface area contributed by atoms with Gasteiger partial charge in [-0.15, -0.1) is 0 Å². The lowest BCUT2D eigenvalue weighted by Crippen LogP contribution is -2.57. The number of carbonyl (C=O) groups excluding carboxylic acids is 2. The summed E-state index contributed by atoms with van der Waals surface area (Å²) in [6, 6.07) is 18.8. The Morgan fingerprint density at radius 1 is 1.04 bits per heavy atom. The molecule has 2 aromatic rings. The van der Waals surface area contributed by atoms with E-state index in [1.807, 2.05) is 67.6 Å². The van der Waals surface area contributed by atoms with Gasteiger partial charge in [0.05, 0.1) is 6.04 Å². The Balaban J connectivity index is 1.76. The Morgan fingerprint density at radius 2 is 1.64 bits per heavy atom. The maximum atomic E-state index is 12.5. The minimum atomic E-state index is -0.669. The van der Waals surface area contributed by atoms with Gasteiger partial charge in [-0.25, -0.2) is 9.80 Å². The van der Waals surface area contributed by atoms with Crippen LogP contribution >= 0.6 is 0 Å². The second-order valence-electron chi connectivity index (χ2n) is 5.92. The molecule has 5 heteroatoms. The monoisotopic (exact) mass is 336 g/mol. The molecule has 2 aromatic carbocycles. The Hall–Kier alpha value is -2.92. The van der Waals surface area contributed by atoms with Crippen LogP contribution in [0, 0.1) is 0 Å². The minimum Gasteiger partial charge on any atom is -0.438 e. The first-order valence-corrected chi connectivity index (χ1v) is 8.13. The van der Waals surface area contributed by atoms with Crippen molar-refractivity contribution in [3.63, 3.8) is 0 Å². The molecule has 5 nitrogen and oxygen atoms in total. The number of hydrogen-bond acceptors (Lipinski definition) is 4. The third-order valence-electron chi connectivity index (χ3n) is 4.30. The maximum Gasteiger partial charge on any atom is 0.432 e. The summed E-state index contributed by atoms with van der Waals surface area (Å²) in [6.45, 7) is 1.92. The number of cyclic esters (lactones) is 1. The number of hydrogen-bond donors (Lipinski definition) is 0. The molecule has 2 atom stereocenters. The van der Waals surface area contributed by atoms with E-state index in [1.165, 1.54) is 6.08 Å². The zero-order chi connectivity index (χ0) is 17.8. The maximum absolute atomic E-state index is 12.5. The van der Waals surface area contributed by atoms with Crippen LogP contribution in [0.3, 0.4) is 0 Å². The number of benzene rings is 2. The van der Waals surface area contributed by atoms with Crippen LogP contribution in [-0.2, 0) is 9.53 Å². The highest BCUT2D eigenvalue weighted by Crippen LogP contribution is 2.30. The topological polar surface area (TPSA) is 49.9 Å². The minimum absolute atomic E-state index is 0.172. The van der Waals surface area contributed by atoms with Crippen LogP contribution in [-0.4, -0.2) is 35.1 Å². The fraction of sp³-hybridized carbons (Fsp3) is 0.200. The molecule has 1 fully saturated rings. The first-order chi connectivity index (χ1) is 12.1. The van der Waals surface area contributed by atoms with Crippen LogP contribution in [0.15, 0.2) is 66.7 Å². The van der Waals surface area contributed by atoms with Gasteiger partial charge >= 0.3 is 6.09 Å². The van der Waals surface area contributed by atoms with Crippen molar-refractivity contribution in [1.29, 1.82) is 0 Å². The van der Waals surface area contributed by atoms with Crippen molar-refractivity contribution in [1.82, 2.24) is 10.0 Å². The molecule has 0 aliphatic carbocycles. The van der Waals surface area contributed by atoms with Gasteiger partial charge < -0.3 is 4.74 Å². The Labute approximate surface area is 147 Å². The number of imide groups is 1. The Morgan fingerprint density at radius 3 is 2.28 bits per heavy atom. The molecule has 3 rings (SSSR count). The molecule has 0 N–H and O–H groups in total. The summed E-state index contributed by atoms with van der Waals surface area (Å²) < 4.78 is 5.53. The predicted octanol–water partition coefficient (Wildman–Crippen LogP) is 3.66. The Kier molecular flexibility index (Phi) is 4.95. The zero-order valence-electron chi connectivity index (χ0n) is 14.2. The van der Waals surface area contributed by atoms with Gasteiger partial charge in [-0.1, -0.05) is 60.7 Å². The molecule has 0 bridgehead atoms. The number of nitrogens with zero attached hydrogens (tertiary/aromatic N) is 2. The quantitative estimate of drug-likeness (QED) is 0.803. The molecule has 1 aliphatic rings. The highest BCUT2D eigenvalue weighted by atomic mass is 16.6. The average Bonchev–Trinajstić information content (AvgIpc) is 2.64. The van der Waals surface area contributed by atoms with Gasteiger partial charge in [-0.05, 0) is 24.1 Å². The summed E-state index contributed by atoms with van der Waals surface area (Å²) in [7, 11) is 1.72. The first-order valence-electron chi connectivity index (χ1n) is 8.13. The smallest absolute Gasteiger partial charge is 0.432 e. The van der Waals surface area contributed by atoms with E-state index in [2.05, 4.69) is 0 Å². The number of hydrazine groups is 1. The molecule has 0 aromatic heterocycles. The number of ether oxygens (including phenoxy) is 1. The molecule has 1 saturated heterocycles. The normalized spacial score (nSPS) is 21.4. The fourth-order valence-electron chi connectivity index (χ4n) is 2.80. The van der Waals surface area contributed by atoms with Crippen LogP contribution in [0.5, 0.6) is 0 Å². The highest BCUT2D eigenvalue weighted by molar-refractivity contribution is 6.00. The van der Waals surface area contributed by atoms with Crippen LogP contribution in [0.25, 0.3) is 6.08 Å². The van der Waals surface area contributed by atoms with Gasteiger partial charge in [0.15, 0.2) is 0 Å². The highest BCUT2D eigenvalue weighted by Gasteiger charge is 2.40. The Bertz CT molecular complexity index is 774. The van der Waals surface area contributed by atoms with Gasteiger partial charge in [-0.2, -0.15) is 5.01 Å². The summed E-state index contributed by atoms with van der Waals surface area (Å²) in [5.74, 6) is -0.435. The van der Waals surface area contributed by atoms with Gasteiger partial charge in [0.1, 0.15) is 6.10 Å². The molecule has 0 saturated carbocycles. The van der Waals surface area contributed by atoms with Gasteiger partial charge in [0.2, 0.25) is 0 Å². The molecular formula is C20H20N2O3. The van der Waals surface area contributed by atoms with Crippen LogP contribution in [0.1, 0.15) is 24.2 Å². The third-order valence-corrected chi connectivity index (χ3v) is 4.30. The zero-order valence-corrected chi connectivity index (χ0v) is 14.2. The standard InChI is InChI=1S/C20H20N2O3/c1-15-19(17-11-7-4-8-12-17)25-20(24)22(21(15)2)18(23)14-13-16-9-5-3-6-10-16/h3-15,19H,1-2H3/b14-13+/t15-,19+/m0/s1. The van der Waals surface area contributed by atoms with E-state index in [0.717, 1.165) is 16.1 Å². The number of carbonyl (C=O) groups is 2. The van der Waals surface area contributed by atoms with Gasteiger partial charge in [0, 0.05) is 13.1 Å². The van der Waals surface area contributed by atoms with Crippen molar-refractivity contribution >= 4 is 18.1 Å². The van der Waals surface area contributed by atoms with E-state index >= 15 is 0 Å². The number of likely N-dealkylation sites (N-methyl/N-ethyl adjacent to an activating group) is 1. The van der Waals surface area contributed by atoms with Gasteiger partial charge in [-0.3, -0.25) is 4.79 Å². The number of amides is 2. The van der Waals surface area contributed by atoms with E-state index < -0.39 is 18.1 Å². The van der Waals surface area contributed by atoms with E-state index in [0.29, 0.717) is 0 Å². The van der Waals surface area contributed by atoms with Gasteiger partial charge in [0.25, 0.3) is 5.91 Å². The summed E-state index contributed by atoms with van der Waals surface area (Å²) in [6.07, 6.45) is 1.97. The van der Waals surface area contributed by atoms with E-state index in [4.69, 9.17) is 4.74 Å². The predicted molar refractivity (Wildman–Crippen MR) is 95.2 cm³/mol. The van der Waals surface area contributed by atoms with Crippen molar-refractivity contribution < 1.29 is 14.3 Å². The lowest BCUT2D eigenvalue weighted by Gasteiger charge is -2.42. The van der Waals surface area contributed by atoms with Crippen LogP contribution < -0.4 is 0 Å². The number of rotatable bonds is 3. The second kappa shape index (κ2) is 7.32. The summed E-state index contributed by atoms with van der Waals surface area (Å²) >= 11 is 0. The van der Waals surface area contributed by atoms with Crippen molar-refractivity contribution in [2.75, 3.05) is 7.05 Å². The lowest BCUT2D eigenvalue weighted by atomic mass is 10.0. The summed E-state index contributed by atoms with van der Waals surface area (Å²) in [5.41, 5.74) is 1.79. The summed E-state index contributed by atoms with van der Waals surface area (Å²) in [5, 5.41) is 2.66. The molecule has 0 unspecified atom stereocenters. The second-order valence-corrected chi connectivity index (χ2v) is 5.92. The average molecular weight is 336 g/mol.